The second-order valence-corrected chi connectivity index (χ2v) is 6.70. The summed E-state index contributed by atoms with van der Waals surface area (Å²) in [5.74, 6) is 1.38. The number of rotatable bonds is 8. The molecule has 0 atom stereocenters. The third kappa shape index (κ3) is 6.14. The topological polar surface area (TPSA) is 50.4 Å². The van der Waals surface area contributed by atoms with E-state index in [-0.39, 0.29) is 12.5 Å². The molecule has 4 heteroatoms. The molecule has 2 rings (SSSR count). The Kier molecular flexibility index (Phi) is 6.87. The van der Waals surface area contributed by atoms with Gasteiger partial charge in [0.05, 0.1) is 13.2 Å². The van der Waals surface area contributed by atoms with E-state index < -0.39 is 0 Å². The minimum Gasteiger partial charge on any atom is -0.494 e. The maximum absolute atomic E-state index is 12.1. The molecule has 0 aliphatic heterocycles. The molecular formula is C21H28N2O2. The van der Waals surface area contributed by atoms with Crippen molar-refractivity contribution in [2.75, 3.05) is 23.8 Å². The third-order valence-corrected chi connectivity index (χ3v) is 4.15. The van der Waals surface area contributed by atoms with Gasteiger partial charge in [-0.3, -0.25) is 4.79 Å². The van der Waals surface area contributed by atoms with Crippen molar-refractivity contribution in [1.29, 1.82) is 0 Å². The first kappa shape index (κ1) is 18.8. The molecule has 1 amide bonds. The Hall–Kier alpha value is -2.49. The monoisotopic (exact) mass is 340 g/mol. The molecule has 0 fully saturated rings. The number of anilines is 2. The fourth-order valence-corrected chi connectivity index (χ4v) is 2.37. The zero-order valence-corrected chi connectivity index (χ0v) is 15.6. The Balaban J connectivity index is 1.81. The highest BCUT2D eigenvalue weighted by Crippen LogP contribution is 2.18. The summed E-state index contributed by atoms with van der Waals surface area (Å²) >= 11 is 0. The highest BCUT2D eigenvalue weighted by atomic mass is 16.5. The number of aryl methyl sites for hydroxylation is 1. The maximum atomic E-state index is 12.1. The van der Waals surface area contributed by atoms with Crippen LogP contribution in [0.15, 0.2) is 42.5 Å². The molecule has 0 saturated carbocycles. The van der Waals surface area contributed by atoms with Crippen LogP contribution in [0.5, 0.6) is 5.75 Å². The third-order valence-electron chi connectivity index (χ3n) is 4.15. The maximum Gasteiger partial charge on any atom is 0.243 e. The smallest absolute Gasteiger partial charge is 0.243 e. The summed E-state index contributed by atoms with van der Waals surface area (Å²) in [6.07, 6.45) is 1.03. The highest BCUT2D eigenvalue weighted by Gasteiger charge is 2.05. The van der Waals surface area contributed by atoms with E-state index in [1.165, 1.54) is 5.56 Å². The summed E-state index contributed by atoms with van der Waals surface area (Å²) in [6.45, 7) is 9.40. The van der Waals surface area contributed by atoms with E-state index in [0.29, 0.717) is 12.5 Å². The van der Waals surface area contributed by atoms with Crippen LogP contribution in [-0.2, 0) is 4.79 Å². The molecular weight excluding hydrogens is 312 g/mol. The zero-order chi connectivity index (χ0) is 18.2. The molecule has 4 nitrogen and oxygen atoms in total. The number of carbonyl (C=O) groups is 1. The van der Waals surface area contributed by atoms with Crippen LogP contribution in [0.2, 0.25) is 0 Å². The van der Waals surface area contributed by atoms with Gasteiger partial charge >= 0.3 is 0 Å². The van der Waals surface area contributed by atoms with Crippen LogP contribution in [0, 0.1) is 19.8 Å². The Morgan fingerprint density at radius 3 is 2.48 bits per heavy atom. The van der Waals surface area contributed by atoms with Gasteiger partial charge in [-0.1, -0.05) is 26.0 Å². The summed E-state index contributed by atoms with van der Waals surface area (Å²) < 4.78 is 5.68. The Labute approximate surface area is 150 Å². The number of hydrogen-bond donors (Lipinski definition) is 2. The van der Waals surface area contributed by atoms with E-state index in [9.17, 15) is 4.79 Å². The molecule has 25 heavy (non-hydrogen) atoms. The lowest BCUT2D eigenvalue weighted by Gasteiger charge is -2.12. The molecule has 2 N–H and O–H groups in total. The summed E-state index contributed by atoms with van der Waals surface area (Å²) in [5, 5.41) is 6.08. The minimum absolute atomic E-state index is 0.0746. The summed E-state index contributed by atoms with van der Waals surface area (Å²) in [5.41, 5.74) is 4.13. The van der Waals surface area contributed by atoms with E-state index in [0.717, 1.165) is 29.1 Å². The number of ether oxygens (including phenoxy) is 1. The molecule has 0 aliphatic carbocycles. The normalized spacial score (nSPS) is 10.6. The van der Waals surface area contributed by atoms with Crippen LogP contribution in [-0.4, -0.2) is 19.1 Å². The lowest BCUT2D eigenvalue weighted by atomic mass is 10.1. The second kappa shape index (κ2) is 9.11. The Morgan fingerprint density at radius 2 is 1.80 bits per heavy atom. The van der Waals surface area contributed by atoms with Gasteiger partial charge < -0.3 is 15.4 Å². The summed E-state index contributed by atoms with van der Waals surface area (Å²) in [7, 11) is 0. The van der Waals surface area contributed by atoms with Crippen molar-refractivity contribution in [3.63, 3.8) is 0 Å². The van der Waals surface area contributed by atoms with E-state index in [1.807, 2.05) is 43.3 Å². The van der Waals surface area contributed by atoms with Gasteiger partial charge in [0.2, 0.25) is 5.91 Å². The first-order chi connectivity index (χ1) is 12.0. The number of benzene rings is 2. The number of nitrogens with one attached hydrogen (secondary N) is 2. The predicted octanol–water partition coefficient (Wildman–Crippen LogP) is 4.78. The SMILES string of the molecule is Cc1cccc(NCC(=O)Nc2ccc(OCCC(C)C)cc2)c1C. The summed E-state index contributed by atoms with van der Waals surface area (Å²) in [4.78, 5) is 12.1. The Morgan fingerprint density at radius 1 is 1.08 bits per heavy atom. The van der Waals surface area contributed by atoms with Crippen molar-refractivity contribution in [3.8, 4) is 5.75 Å². The van der Waals surface area contributed by atoms with Crippen LogP contribution < -0.4 is 15.4 Å². The Bertz CT molecular complexity index is 694. The van der Waals surface area contributed by atoms with Gasteiger partial charge in [0, 0.05) is 11.4 Å². The van der Waals surface area contributed by atoms with Gasteiger partial charge in [-0.15, -0.1) is 0 Å². The van der Waals surface area contributed by atoms with Crippen LogP contribution in [0.4, 0.5) is 11.4 Å². The molecule has 0 saturated heterocycles. The lowest BCUT2D eigenvalue weighted by Crippen LogP contribution is -2.22. The van der Waals surface area contributed by atoms with Crippen molar-refractivity contribution in [2.24, 2.45) is 5.92 Å². The molecule has 0 heterocycles. The van der Waals surface area contributed by atoms with Gasteiger partial charge in [-0.25, -0.2) is 0 Å². The van der Waals surface area contributed by atoms with Crippen molar-refractivity contribution in [3.05, 3.63) is 53.6 Å². The fourth-order valence-electron chi connectivity index (χ4n) is 2.37. The molecule has 0 bridgehead atoms. The first-order valence-corrected chi connectivity index (χ1v) is 8.78. The first-order valence-electron chi connectivity index (χ1n) is 8.78. The molecule has 0 spiro atoms. The number of hydrogen-bond acceptors (Lipinski definition) is 3. The van der Waals surface area contributed by atoms with Crippen LogP contribution in [0.3, 0.4) is 0 Å². The van der Waals surface area contributed by atoms with Crippen molar-refractivity contribution >= 4 is 17.3 Å². The van der Waals surface area contributed by atoms with Gasteiger partial charge in [0.1, 0.15) is 5.75 Å². The minimum atomic E-state index is -0.0746. The molecule has 2 aromatic rings. The summed E-state index contributed by atoms with van der Waals surface area (Å²) in [6, 6.07) is 13.5. The highest BCUT2D eigenvalue weighted by molar-refractivity contribution is 5.93. The molecule has 0 radical (unpaired) electrons. The average molecular weight is 340 g/mol. The quantitative estimate of drug-likeness (QED) is 0.727. The zero-order valence-electron chi connectivity index (χ0n) is 15.6. The molecule has 134 valence electrons. The predicted molar refractivity (Wildman–Crippen MR) is 104 cm³/mol. The van der Waals surface area contributed by atoms with E-state index >= 15 is 0 Å². The van der Waals surface area contributed by atoms with Gasteiger partial charge in [-0.05, 0) is 67.6 Å². The largest absolute Gasteiger partial charge is 0.494 e. The van der Waals surface area contributed by atoms with Crippen molar-refractivity contribution in [1.82, 2.24) is 0 Å². The van der Waals surface area contributed by atoms with E-state index in [2.05, 4.69) is 37.5 Å². The lowest BCUT2D eigenvalue weighted by molar-refractivity contribution is -0.114. The van der Waals surface area contributed by atoms with E-state index in [1.54, 1.807) is 0 Å². The van der Waals surface area contributed by atoms with E-state index in [4.69, 9.17) is 4.74 Å². The van der Waals surface area contributed by atoms with Crippen LogP contribution >= 0.6 is 0 Å². The van der Waals surface area contributed by atoms with Crippen LogP contribution in [0.1, 0.15) is 31.4 Å². The average Bonchev–Trinajstić information content (AvgIpc) is 2.57. The number of carbonyl (C=O) groups excluding carboxylic acids is 1. The molecule has 0 unspecified atom stereocenters. The second-order valence-electron chi connectivity index (χ2n) is 6.70. The number of amides is 1. The molecule has 0 aromatic heterocycles. The molecule has 2 aromatic carbocycles. The van der Waals surface area contributed by atoms with Gasteiger partial charge in [0.25, 0.3) is 0 Å². The fraction of sp³-hybridized carbons (Fsp3) is 0.381. The van der Waals surface area contributed by atoms with Gasteiger partial charge in [0.15, 0.2) is 0 Å². The van der Waals surface area contributed by atoms with Crippen LogP contribution in [0.25, 0.3) is 0 Å². The van der Waals surface area contributed by atoms with Crippen molar-refractivity contribution < 1.29 is 9.53 Å². The van der Waals surface area contributed by atoms with Gasteiger partial charge in [-0.2, -0.15) is 0 Å². The standard InChI is InChI=1S/C21H28N2O2/c1-15(2)12-13-25-19-10-8-18(9-11-19)23-21(24)14-22-20-7-5-6-16(3)17(20)4/h5-11,15,22H,12-14H2,1-4H3,(H,23,24). The molecule has 0 aliphatic rings. The van der Waals surface area contributed by atoms with Crippen molar-refractivity contribution in [2.45, 2.75) is 34.1 Å².